The van der Waals surface area contributed by atoms with E-state index in [1.54, 1.807) is 0 Å². The summed E-state index contributed by atoms with van der Waals surface area (Å²) < 4.78 is 5.59. The summed E-state index contributed by atoms with van der Waals surface area (Å²) in [6.45, 7) is -0.0633. The molecule has 1 aromatic heterocycles. The number of fused-ring (bicyclic) bond motifs is 1. The monoisotopic (exact) mass is 375 g/mol. The zero-order valence-corrected chi connectivity index (χ0v) is 15.2. The van der Waals surface area contributed by atoms with Crippen molar-refractivity contribution >= 4 is 38.8 Å². The molecule has 5 nitrogen and oxygen atoms in total. The standard InChI is InChI=1S/C21H17N3O2S/c22-21-24-19(13-27-21)15-8-10-16(11-9-15)26-12-20(25)23-18-7-3-5-14-4-1-2-6-17(14)18/h1-11,13H,12H2,(H2,22,24)(H,23,25). The summed E-state index contributed by atoms with van der Waals surface area (Å²) in [4.78, 5) is 16.5. The molecule has 0 bridgehead atoms. The first-order chi connectivity index (χ1) is 13.2. The summed E-state index contributed by atoms with van der Waals surface area (Å²) in [6, 6.07) is 21.2. The molecule has 0 saturated carbocycles. The summed E-state index contributed by atoms with van der Waals surface area (Å²) in [7, 11) is 0. The van der Waals surface area contributed by atoms with Gasteiger partial charge >= 0.3 is 0 Å². The number of nitrogens with two attached hydrogens (primary N) is 1. The number of anilines is 2. The lowest BCUT2D eigenvalue weighted by molar-refractivity contribution is -0.118. The number of nitrogens with one attached hydrogen (secondary N) is 1. The Morgan fingerprint density at radius 3 is 2.59 bits per heavy atom. The zero-order chi connectivity index (χ0) is 18.6. The summed E-state index contributed by atoms with van der Waals surface area (Å²) in [6.07, 6.45) is 0. The van der Waals surface area contributed by atoms with E-state index in [0.717, 1.165) is 27.7 Å². The maximum absolute atomic E-state index is 12.3. The van der Waals surface area contributed by atoms with Crippen molar-refractivity contribution < 1.29 is 9.53 Å². The van der Waals surface area contributed by atoms with Gasteiger partial charge in [0.1, 0.15) is 5.75 Å². The van der Waals surface area contributed by atoms with E-state index >= 15 is 0 Å². The van der Waals surface area contributed by atoms with E-state index < -0.39 is 0 Å². The van der Waals surface area contributed by atoms with Gasteiger partial charge < -0.3 is 15.8 Å². The van der Waals surface area contributed by atoms with Gasteiger partial charge in [-0.3, -0.25) is 4.79 Å². The van der Waals surface area contributed by atoms with Crippen LogP contribution in [0, 0.1) is 0 Å². The van der Waals surface area contributed by atoms with Crippen LogP contribution >= 0.6 is 11.3 Å². The number of hydrogen-bond donors (Lipinski definition) is 2. The van der Waals surface area contributed by atoms with Crippen molar-refractivity contribution in [3.05, 3.63) is 72.1 Å². The van der Waals surface area contributed by atoms with Crippen LogP contribution in [0.4, 0.5) is 10.8 Å². The minimum absolute atomic E-state index is 0.0633. The highest BCUT2D eigenvalue weighted by Gasteiger charge is 2.07. The SMILES string of the molecule is Nc1nc(-c2ccc(OCC(=O)Nc3cccc4ccccc34)cc2)cs1. The molecule has 3 N–H and O–H groups in total. The Bertz CT molecular complexity index is 1080. The maximum Gasteiger partial charge on any atom is 0.262 e. The Morgan fingerprint density at radius 2 is 1.81 bits per heavy atom. The van der Waals surface area contributed by atoms with E-state index in [0.29, 0.717) is 10.9 Å². The fourth-order valence-corrected chi connectivity index (χ4v) is 3.38. The largest absolute Gasteiger partial charge is 0.484 e. The van der Waals surface area contributed by atoms with E-state index in [1.807, 2.05) is 72.1 Å². The van der Waals surface area contributed by atoms with Crippen molar-refractivity contribution in [3.63, 3.8) is 0 Å². The third-order valence-corrected chi connectivity index (χ3v) is 4.78. The molecule has 0 atom stereocenters. The average molecular weight is 375 g/mol. The number of hydrogen-bond acceptors (Lipinski definition) is 5. The Hall–Kier alpha value is -3.38. The second kappa shape index (κ2) is 7.47. The number of benzene rings is 3. The second-order valence-corrected chi connectivity index (χ2v) is 6.85. The lowest BCUT2D eigenvalue weighted by atomic mass is 10.1. The maximum atomic E-state index is 12.3. The number of carbonyl (C=O) groups is 1. The van der Waals surface area contributed by atoms with Crippen LogP contribution in [0.3, 0.4) is 0 Å². The van der Waals surface area contributed by atoms with Gasteiger partial charge in [-0.15, -0.1) is 11.3 Å². The molecule has 0 aliphatic rings. The van der Waals surface area contributed by atoms with Crippen molar-refractivity contribution in [1.82, 2.24) is 4.98 Å². The molecule has 1 amide bonds. The Balaban J connectivity index is 1.39. The van der Waals surface area contributed by atoms with Gasteiger partial charge in [0.15, 0.2) is 11.7 Å². The van der Waals surface area contributed by atoms with Crippen LogP contribution in [0.25, 0.3) is 22.0 Å². The Kier molecular flexibility index (Phi) is 4.72. The lowest BCUT2D eigenvalue weighted by Gasteiger charge is -2.10. The van der Waals surface area contributed by atoms with Gasteiger partial charge in [-0.05, 0) is 35.7 Å². The van der Waals surface area contributed by atoms with Gasteiger partial charge in [0.25, 0.3) is 5.91 Å². The highest BCUT2D eigenvalue weighted by molar-refractivity contribution is 7.13. The molecule has 1 heterocycles. The predicted octanol–water partition coefficient (Wildman–Crippen LogP) is 4.56. The van der Waals surface area contributed by atoms with Gasteiger partial charge in [-0.25, -0.2) is 4.98 Å². The minimum atomic E-state index is -0.206. The quantitative estimate of drug-likeness (QED) is 0.536. The van der Waals surface area contributed by atoms with Gasteiger partial charge in [0.05, 0.1) is 5.69 Å². The van der Waals surface area contributed by atoms with Crippen LogP contribution in [0.2, 0.25) is 0 Å². The molecule has 27 heavy (non-hydrogen) atoms. The third-order valence-electron chi connectivity index (χ3n) is 4.11. The highest BCUT2D eigenvalue weighted by Crippen LogP contribution is 2.25. The van der Waals surface area contributed by atoms with Crippen molar-refractivity contribution in [2.75, 3.05) is 17.7 Å². The number of nitrogens with zero attached hydrogens (tertiary/aromatic N) is 1. The van der Waals surface area contributed by atoms with Gasteiger partial charge in [-0.2, -0.15) is 0 Å². The third kappa shape index (κ3) is 3.91. The molecule has 0 fully saturated rings. The van der Waals surface area contributed by atoms with Gasteiger partial charge in [0.2, 0.25) is 0 Å². The van der Waals surface area contributed by atoms with Crippen molar-refractivity contribution in [1.29, 1.82) is 0 Å². The fraction of sp³-hybridized carbons (Fsp3) is 0.0476. The molecule has 0 aliphatic heterocycles. The summed E-state index contributed by atoms with van der Waals surface area (Å²) in [5.41, 5.74) is 8.22. The van der Waals surface area contributed by atoms with E-state index in [-0.39, 0.29) is 12.5 Å². The van der Waals surface area contributed by atoms with Crippen LogP contribution in [0.1, 0.15) is 0 Å². The molecule has 134 valence electrons. The Labute approximate surface area is 160 Å². The first-order valence-electron chi connectivity index (χ1n) is 8.41. The molecule has 4 aromatic rings. The molecular formula is C21H17N3O2S. The van der Waals surface area contributed by atoms with Crippen molar-refractivity contribution in [3.8, 4) is 17.0 Å². The van der Waals surface area contributed by atoms with E-state index in [4.69, 9.17) is 10.5 Å². The van der Waals surface area contributed by atoms with Crippen molar-refractivity contribution in [2.45, 2.75) is 0 Å². The smallest absolute Gasteiger partial charge is 0.262 e. The number of nitrogen functional groups attached to an aromatic ring is 1. The predicted molar refractivity (Wildman–Crippen MR) is 110 cm³/mol. The molecule has 0 aliphatic carbocycles. The first-order valence-corrected chi connectivity index (χ1v) is 9.29. The Morgan fingerprint density at radius 1 is 1.04 bits per heavy atom. The zero-order valence-electron chi connectivity index (χ0n) is 14.4. The number of thiazole rings is 1. The summed E-state index contributed by atoms with van der Waals surface area (Å²) >= 11 is 1.40. The molecule has 0 spiro atoms. The number of carbonyl (C=O) groups excluding carboxylic acids is 1. The topological polar surface area (TPSA) is 77.2 Å². The number of rotatable bonds is 5. The molecular weight excluding hydrogens is 358 g/mol. The van der Waals surface area contributed by atoms with Crippen LogP contribution in [0.15, 0.2) is 72.1 Å². The van der Waals surface area contributed by atoms with Gasteiger partial charge in [0, 0.05) is 22.0 Å². The molecule has 0 unspecified atom stereocenters. The molecule has 4 rings (SSSR count). The molecule has 0 radical (unpaired) electrons. The average Bonchev–Trinajstić information content (AvgIpc) is 3.13. The summed E-state index contributed by atoms with van der Waals surface area (Å²) in [5, 5.41) is 7.43. The number of ether oxygens (including phenoxy) is 1. The number of aromatic nitrogens is 1. The van der Waals surface area contributed by atoms with E-state index in [9.17, 15) is 4.79 Å². The van der Waals surface area contributed by atoms with E-state index in [1.165, 1.54) is 11.3 Å². The van der Waals surface area contributed by atoms with Crippen LogP contribution in [-0.4, -0.2) is 17.5 Å². The van der Waals surface area contributed by atoms with Crippen LogP contribution in [0.5, 0.6) is 5.75 Å². The van der Waals surface area contributed by atoms with Crippen LogP contribution < -0.4 is 15.8 Å². The first kappa shape index (κ1) is 17.1. The molecule has 6 heteroatoms. The minimum Gasteiger partial charge on any atom is -0.484 e. The normalized spacial score (nSPS) is 10.7. The van der Waals surface area contributed by atoms with Gasteiger partial charge in [-0.1, -0.05) is 36.4 Å². The number of amides is 1. The second-order valence-electron chi connectivity index (χ2n) is 5.96. The summed E-state index contributed by atoms with van der Waals surface area (Å²) in [5.74, 6) is 0.415. The molecule has 3 aromatic carbocycles. The fourth-order valence-electron chi connectivity index (χ4n) is 2.81. The molecule has 0 saturated heterocycles. The van der Waals surface area contributed by atoms with Crippen LogP contribution in [-0.2, 0) is 4.79 Å². The van der Waals surface area contributed by atoms with Crippen molar-refractivity contribution in [2.24, 2.45) is 0 Å². The lowest BCUT2D eigenvalue weighted by Crippen LogP contribution is -2.20. The van der Waals surface area contributed by atoms with E-state index in [2.05, 4.69) is 10.3 Å². The highest BCUT2D eigenvalue weighted by atomic mass is 32.1.